The lowest BCUT2D eigenvalue weighted by Gasteiger charge is -2.06. The summed E-state index contributed by atoms with van der Waals surface area (Å²) in [4.78, 5) is 11.7. The molecular formula is C13H15N3O2S2. The zero-order chi connectivity index (χ0) is 14.4. The van der Waals surface area contributed by atoms with Gasteiger partial charge in [-0.25, -0.2) is 0 Å². The van der Waals surface area contributed by atoms with Crippen molar-refractivity contribution in [1.82, 2.24) is 15.5 Å². The van der Waals surface area contributed by atoms with Crippen molar-refractivity contribution < 1.29 is 9.53 Å². The van der Waals surface area contributed by atoms with Gasteiger partial charge in [0.05, 0.1) is 12.9 Å². The number of hydrogen-bond acceptors (Lipinski definition) is 6. The molecule has 1 aromatic heterocycles. The third kappa shape index (κ3) is 4.50. The topological polar surface area (TPSA) is 64.1 Å². The summed E-state index contributed by atoms with van der Waals surface area (Å²) in [6, 6.07) is 7.63. The molecule has 1 amide bonds. The number of methoxy groups -OCH3 is 1. The molecule has 7 heteroatoms. The van der Waals surface area contributed by atoms with Crippen LogP contribution >= 0.6 is 23.1 Å². The van der Waals surface area contributed by atoms with Crippen LogP contribution in [0.25, 0.3) is 0 Å². The summed E-state index contributed by atoms with van der Waals surface area (Å²) >= 11 is 2.89. The minimum Gasteiger partial charge on any atom is -0.497 e. The molecule has 0 radical (unpaired) electrons. The van der Waals surface area contributed by atoms with E-state index >= 15 is 0 Å². The zero-order valence-electron chi connectivity index (χ0n) is 11.3. The number of carbonyl (C=O) groups is 1. The third-order valence-corrected chi connectivity index (χ3v) is 4.43. The predicted octanol–water partition coefficient (Wildman–Crippen LogP) is 2.26. The number of nitrogens with zero attached hydrogens (tertiary/aromatic N) is 2. The number of amides is 1. The van der Waals surface area contributed by atoms with Crippen molar-refractivity contribution in [3.05, 3.63) is 34.8 Å². The molecule has 20 heavy (non-hydrogen) atoms. The Kier molecular flexibility index (Phi) is 5.37. The molecular weight excluding hydrogens is 294 g/mol. The minimum atomic E-state index is -0.0225. The molecule has 2 aromatic rings. The van der Waals surface area contributed by atoms with Crippen molar-refractivity contribution in [2.75, 3.05) is 12.9 Å². The first-order valence-corrected chi connectivity index (χ1v) is 7.80. The molecule has 0 saturated heterocycles. The van der Waals surface area contributed by atoms with Gasteiger partial charge in [0.15, 0.2) is 4.34 Å². The smallest absolute Gasteiger partial charge is 0.230 e. The van der Waals surface area contributed by atoms with Crippen LogP contribution in [-0.4, -0.2) is 29.0 Å². The van der Waals surface area contributed by atoms with Crippen LogP contribution in [0.1, 0.15) is 10.6 Å². The highest BCUT2D eigenvalue weighted by Crippen LogP contribution is 2.21. The van der Waals surface area contributed by atoms with Gasteiger partial charge in [0.25, 0.3) is 0 Å². The standard InChI is InChI=1S/C13H15N3O2S2/c1-9-15-16-13(20-9)19-8-12(17)14-7-10-4-3-5-11(6-10)18-2/h3-6H,7-8H2,1-2H3,(H,14,17). The molecule has 0 aliphatic rings. The predicted molar refractivity (Wildman–Crippen MR) is 80.2 cm³/mol. The molecule has 5 nitrogen and oxygen atoms in total. The molecule has 0 aliphatic carbocycles. The Morgan fingerprint density at radius 2 is 2.30 bits per heavy atom. The van der Waals surface area contributed by atoms with E-state index in [9.17, 15) is 4.79 Å². The first-order valence-electron chi connectivity index (χ1n) is 6.00. The Morgan fingerprint density at radius 1 is 1.45 bits per heavy atom. The highest BCUT2D eigenvalue weighted by Gasteiger charge is 2.06. The average Bonchev–Trinajstić information content (AvgIpc) is 2.89. The molecule has 0 bridgehead atoms. The van der Waals surface area contributed by atoms with Gasteiger partial charge >= 0.3 is 0 Å². The van der Waals surface area contributed by atoms with Gasteiger partial charge in [-0.1, -0.05) is 35.2 Å². The fourth-order valence-electron chi connectivity index (χ4n) is 1.50. The summed E-state index contributed by atoms with van der Waals surface area (Å²) in [6.07, 6.45) is 0. The molecule has 106 valence electrons. The first kappa shape index (κ1) is 14.8. The maximum atomic E-state index is 11.7. The Labute approximate surface area is 125 Å². The molecule has 0 fully saturated rings. The van der Waals surface area contributed by atoms with Crippen LogP contribution in [-0.2, 0) is 11.3 Å². The third-order valence-electron chi connectivity index (χ3n) is 2.46. The fraction of sp³-hybridized carbons (Fsp3) is 0.308. The second-order valence-electron chi connectivity index (χ2n) is 4.00. The molecule has 0 saturated carbocycles. The highest BCUT2D eigenvalue weighted by atomic mass is 32.2. The molecule has 0 spiro atoms. The molecule has 2 rings (SSSR count). The first-order chi connectivity index (χ1) is 9.67. The molecule has 1 N–H and O–H groups in total. The number of aryl methyl sites for hydroxylation is 1. The van der Waals surface area contributed by atoms with E-state index in [-0.39, 0.29) is 5.91 Å². The van der Waals surface area contributed by atoms with E-state index in [1.165, 1.54) is 23.1 Å². The number of thioether (sulfide) groups is 1. The van der Waals surface area contributed by atoms with Crippen LogP contribution in [0.3, 0.4) is 0 Å². The zero-order valence-corrected chi connectivity index (χ0v) is 12.9. The van der Waals surface area contributed by atoms with Crippen LogP contribution in [0.2, 0.25) is 0 Å². The van der Waals surface area contributed by atoms with E-state index in [4.69, 9.17) is 4.74 Å². The lowest BCUT2D eigenvalue weighted by atomic mass is 10.2. The van der Waals surface area contributed by atoms with Gasteiger partial charge in [-0.3, -0.25) is 4.79 Å². The number of carbonyl (C=O) groups excluding carboxylic acids is 1. The van der Waals surface area contributed by atoms with Crippen molar-refractivity contribution in [2.45, 2.75) is 17.8 Å². The van der Waals surface area contributed by atoms with E-state index in [2.05, 4.69) is 15.5 Å². The van der Waals surface area contributed by atoms with E-state index in [1.54, 1.807) is 7.11 Å². The maximum absolute atomic E-state index is 11.7. The summed E-state index contributed by atoms with van der Waals surface area (Å²) < 4.78 is 5.96. The van der Waals surface area contributed by atoms with Gasteiger partial charge in [-0.15, -0.1) is 10.2 Å². The number of nitrogens with one attached hydrogen (secondary N) is 1. The summed E-state index contributed by atoms with van der Waals surface area (Å²) in [5, 5.41) is 11.6. The van der Waals surface area contributed by atoms with E-state index in [0.717, 1.165) is 20.7 Å². The highest BCUT2D eigenvalue weighted by molar-refractivity contribution is 8.01. The molecule has 0 atom stereocenters. The molecule has 1 aromatic carbocycles. The van der Waals surface area contributed by atoms with E-state index in [0.29, 0.717) is 12.3 Å². The van der Waals surface area contributed by atoms with Crippen molar-refractivity contribution in [3.8, 4) is 5.75 Å². The summed E-state index contributed by atoms with van der Waals surface area (Å²) in [5.41, 5.74) is 1.01. The van der Waals surface area contributed by atoms with Gasteiger partial charge in [0.2, 0.25) is 5.91 Å². The summed E-state index contributed by atoms with van der Waals surface area (Å²) in [5.74, 6) is 1.11. The maximum Gasteiger partial charge on any atom is 0.230 e. The van der Waals surface area contributed by atoms with Crippen LogP contribution in [0, 0.1) is 6.92 Å². The lowest BCUT2D eigenvalue weighted by Crippen LogP contribution is -2.24. The van der Waals surface area contributed by atoms with Crippen molar-refractivity contribution in [2.24, 2.45) is 0 Å². The van der Waals surface area contributed by atoms with Gasteiger partial charge < -0.3 is 10.1 Å². The van der Waals surface area contributed by atoms with Crippen LogP contribution in [0.15, 0.2) is 28.6 Å². The number of rotatable bonds is 6. The van der Waals surface area contributed by atoms with E-state index < -0.39 is 0 Å². The second-order valence-corrected chi connectivity index (χ2v) is 6.41. The Morgan fingerprint density at radius 3 is 3.00 bits per heavy atom. The largest absolute Gasteiger partial charge is 0.497 e. The number of hydrogen-bond donors (Lipinski definition) is 1. The normalized spacial score (nSPS) is 10.3. The Bertz CT molecular complexity index is 587. The molecule has 1 heterocycles. The number of ether oxygens (including phenoxy) is 1. The van der Waals surface area contributed by atoms with Crippen molar-refractivity contribution in [1.29, 1.82) is 0 Å². The SMILES string of the molecule is COc1cccc(CNC(=O)CSc2nnc(C)s2)c1. The van der Waals surface area contributed by atoms with Crippen LogP contribution in [0.5, 0.6) is 5.75 Å². The Hall–Kier alpha value is -1.60. The quantitative estimate of drug-likeness (QED) is 0.829. The second kappa shape index (κ2) is 7.25. The van der Waals surface area contributed by atoms with Gasteiger partial charge in [-0.2, -0.15) is 0 Å². The van der Waals surface area contributed by atoms with Crippen LogP contribution < -0.4 is 10.1 Å². The monoisotopic (exact) mass is 309 g/mol. The van der Waals surface area contributed by atoms with Crippen molar-refractivity contribution >= 4 is 29.0 Å². The number of benzene rings is 1. The molecule has 0 unspecified atom stereocenters. The average molecular weight is 309 g/mol. The van der Waals surface area contributed by atoms with Crippen molar-refractivity contribution in [3.63, 3.8) is 0 Å². The fourth-order valence-corrected chi connectivity index (χ4v) is 3.14. The van der Waals surface area contributed by atoms with Gasteiger partial charge in [0, 0.05) is 6.54 Å². The minimum absolute atomic E-state index is 0.0225. The molecule has 0 aliphatic heterocycles. The van der Waals surface area contributed by atoms with Crippen LogP contribution in [0.4, 0.5) is 0 Å². The Balaban J connectivity index is 1.77. The summed E-state index contributed by atoms with van der Waals surface area (Å²) in [7, 11) is 1.62. The van der Waals surface area contributed by atoms with E-state index in [1.807, 2.05) is 31.2 Å². The van der Waals surface area contributed by atoms with Gasteiger partial charge in [-0.05, 0) is 24.6 Å². The van der Waals surface area contributed by atoms with Gasteiger partial charge in [0.1, 0.15) is 10.8 Å². The number of aromatic nitrogens is 2. The lowest BCUT2D eigenvalue weighted by molar-refractivity contribution is -0.118. The summed E-state index contributed by atoms with van der Waals surface area (Å²) in [6.45, 7) is 2.39.